The zero-order valence-corrected chi connectivity index (χ0v) is 16.3. The second-order valence-electron chi connectivity index (χ2n) is 7.03. The lowest BCUT2D eigenvalue weighted by molar-refractivity contribution is -0.119. The normalized spacial score (nSPS) is 13.0. The molecule has 154 valence electrons. The number of hydrogen-bond donors (Lipinski definition) is 2. The minimum atomic E-state index is -0.640. The summed E-state index contributed by atoms with van der Waals surface area (Å²) in [5.74, 6) is -0.440. The number of ether oxygens (including phenoxy) is 1. The molecule has 1 aliphatic carbocycles. The van der Waals surface area contributed by atoms with Crippen LogP contribution in [0.3, 0.4) is 0 Å². The highest BCUT2D eigenvalue weighted by atomic mass is 19.1. The predicted molar refractivity (Wildman–Crippen MR) is 108 cm³/mol. The lowest BCUT2D eigenvalue weighted by atomic mass is 10.3. The van der Waals surface area contributed by atoms with E-state index in [1.807, 2.05) is 0 Å². The fraction of sp³-hybridized carbons (Fsp3) is 0.238. The highest BCUT2D eigenvalue weighted by Gasteiger charge is 2.21. The van der Waals surface area contributed by atoms with Gasteiger partial charge in [-0.15, -0.1) is 0 Å². The standard InChI is InChI=1S/C21H20FN5O3/c1-13-10-19(27(26-13)17-7-3-15(22)4-8-17)25-20(28)12-30-21(29)14-2-9-18(23-11-14)24-16-5-6-16/h2-4,7-11,16H,5-6,12H2,1H3,(H,23,24)(H,25,28). The molecule has 0 saturated heterocycles. The summed E-state index contributed by atoms with van der Waals surface area (Å²) in [6, 6.07) is 11.1. The molecule has 1 saturated carbocycles. The van der Waals surface area contributed by atoms with Crippen molar-refractivity contribution in [3.63, 3.8) is 0 Å². The first-order valence-electron chi connectivity index (χ1n) is 9.50. The first kappa shape index (κ1) is 19.6. The molecule has 9 heteroatoms. The Bertz CT molecular complexity index is 1060. The number of pyridine rings is 1. The smallest absolute Gasteiger partial charge is 0.340 e. The molecule has 1 fully saturated rings. The molecule has 0 aliphatic heterocycles. The van der Waals surface area contributed by atoms with Crippen LogP contribution in [-0.2, 0) is 9.53 Å². The molecule has 0 radical (unpaired) electrons. The highest BCUT2D eigenvalue weighted by molar-refractivity contribution is 5.95. The van der Waals surface area contributed by atoms with Crippen LogP contribution in [0, 0.1) is 12.7 Å². The van der Waals surface area contributed by atoms with Crippen molar-refractivity contribution in [2.24, 2.45) is 0 Å². The molecule has 0 unspecified atom stereocenters. The maximum absolute atomic E-state index is 13.2. The van der Waals surface area contributed by atoms with Gasteiger partial charge in [0, 0.05) is 18.3 Å². The predicted octanol–water partition coefficient (Wildman–Crippen LogP) is 3.08. The number of anilines is 2. The number of rotatable bonds is 7. The van der Waals surface area contributed by atoms with E-state index >= 15 is 0 Å². The van der Waals surface area contributed by atoms with Gasteiger partial charge in [-0.05, 0) is 56.2 Å². The van der Waals surface area contributed by atoms with Crippen LogP contribution < -0.4 is 10.6 Å². The van der Waals surface area contributed by atoms with E-state index in [4.69, 9.17) is 4.74 Å². The minimum Gasteiger partial charge on any atom is -0.452 e. The number of carbonyl (C=O) groups excluding carboxylic acids is 2. The number of halogens is 1. The average Bonchev–Trinajstić information content (AvgIpc) is 3.48. The summed E-state index contributed by atoms with van der Waals surface area (Å²) in [5.41, 5.74) is 1.51. The van der Waals surface area contributed by atoms with Crippen LogP contribution in [0.4, 0.5) is 16.0 Å². The Morgan fingerprint density at radius 2 is 1.97 bits per heavy atom. The van der Waals surface area contributed by atoms with Gasteiger partial charge in [0.2, 0.25) is 0 Å². The number of aromatic nitrogens is 3. The summed E-state index contributed by atoms with van der Waals surface area (Å²) in [6.45, 7) is 1.30. The van der Waals surface area contributed by atoms with Crippen LogP contribution in [0.2, 0.25) is 0 Å². The van der Waals surface area contributed by atoms with E-state index in [2.05, 4.69) is 20.7 Å². The Labute approximate surface area is 172 Å². The number of esters is 1. The third kappa shape index (κ3) is 4.80. The van der Waals surface area contributed by atoms with E-state index < -0.39 is 18.5 Å². The van der Waals surface area contributed by atoms with Gasteiger partial charge in [-0.25, -0.2) is 18.9 Å². The molecule has 0 bridgehead atoms. The van der Waals surface area contributed by atoms with Crippen molar-refractivity contribution in [2.75, 3.05) is 17.2 Å². The molecule has 1 amide bonds. The second-order valence-corrected chi connectivity index (χ2v) is 7.03. The maximum atomic E-state index is 13.2. The van der Waals surface area contributed by atoms with Gasteiger partial charge in [0.05, 0.1) is 16.9 Å². The molecule has 0 spiro atoms. The van der Waals surface area contributed by atoms with Gasteiger partial charge in [0.25, 0.3) is 5.91 Å². The van der Waals surface area contributed by atoms with Crippen LogP contribution >= 0.6 is 0 Å². The summed E-state index contributed by atoms with van der Waals surface area (Å²) in [5, 5.41) is 10.2. The van der Waals surface area contributed by atoms with Gasteiger partial charge in [0.1, 0.15) is 17.5 Å². The van der Waals surface area contributed by atoms with Gasteiger partial charge in [-0.3, -0.25) is 4.79 Å². The van der Waals surface area contributed by atoms with Crippen molar-refractivity contribution in [1.29, 1.82) is 0 Å². The van der Waals surface area contributed by atoms with Gasteiger partial charge >= 0.3 is 5.97 Å². The zero-order valence-electron chi connectivity index (χ0n) is 16.3. The largest absolute Gasteiger partial charge is 0.452 e. The monoisotopic (exact) mass is 409 g/mol. The molecule has 2 heterocycles. The van der Waals surface area contributed by atoms with E-state index in [-0.39, 0.29) is 11.4 Å². The lowest BCUT2D eigenvalue weighted by Gasteiger charge is -2.09. The number of hydrogen-bond acceptors (Lipinski definition) is 6. The summed E-state index contributed by atoms with van der Waals surface area (Å²) < 4.78 is 19.7. The van der Waals surface area contributed by atoms with Crippen molar-refractivity contribution < 1.29 is 18.7 Å². The van der Waals surface area contributed by atoms with Gasteiger partial charge in [-0.1, -0.05) is 0 Å². The Hall–Kier alpha value is -3.75. The van der Waals surface area contributed by atoms with Crippen molar-refractivity contribution in [1.82, 2.24) is 14.8 Å². The third-order valence-electron chi connectivity index (χ3n) is 4.43. The molecular weight excluding hydrogens is 389 g/mol. The number of amides is 1. The SMILES string of the molecule is Cc1cc(NC(=O)COC(=O)c2ccc(NC3CC3)nc2)n(-c2ccc(F)cc2)n1. The van der Waals surface area contributed by atoms with E-state index in [0.29, 0.717) is 29.1 Å². The summed E-state index contributed by atoms with van der Waals surface area (Å²) in [4.78, 5) is 28.6. The second kappa shape index (κ2) is 8.32. The topological polar surface area (TPSA) is 98.1 Å². The molecule has 0 atom stereocenters. The van der Waals surface area contributed by atoms with Crippen LogP contribution in [0.5, 0.6) is 0 Å². The van der Waals surface area contributed by atoms with E-state index in [0.717, 1.165) is 12.8 Å². The Morgan fingerprint density at radius 1 is 1.20 bits per heavy atom. The fourth-order valence-corrected chi connectivity index (χ4v) is 2.80. The summed E-state index contributed by atoms with van der Waals surface area (Å²) >= 11 is 0. The average molecular weight is 409 g/mol. The molecule has 2 N–H and O–H groups in total. The molecule has 30 heavy (non-hydrogen) atoms. The van der Waals surface area contributed by atoms with Crippen LogP contribution in [0.25, 0.3) is 5.69 Å². The molecule has 2 aromatic heterocycles. The van der Waals surface area contributed by atoms with E-state index in [1.165, 1.54) is 23.0 Å². The minimum absolute atomic E-state index is 0.261. The fourth-order valence-electron chi connectivity index (χ4n) is 2.80. The number of aryl methyl sites for hydroxylation is 1. The van der Waals surface area contributed by atoms with Crippen molar-refractivity contribution >= 4 is 23.5 Å². The van der Waals surface area contributed by atoms with Crippen LogP contribution in [-0.4, -0.2) is 39.3 Å². The quantitative estimate of drug-likeness (QED) is 0.582. The van der Waals surface area contributed by atoms with Crippen molar-refractivity contribution in [3.8, 4) is 5.69 Å². The highest BCUT2D eigenvalue weighted by Crippen LogP contribution is 2.23. The lowest BCUT2D eigenvalue weighted by Crippen LogP contribution is -2.22. The first-order valence-corrected chi connectivity index (χ1v) is 9.50. The first-order chi connectivity index (χ1) is 14.5. The Balaban J connectivity index is 1.34. The number of nitrogens with one attached hydrogen (secondary N) is 2. The number of nitrogens with zero attached hydrogens (tertiary/aromatic N) is 3. The van der Waals surface area contributed by atoms with E-state index in [1.54, 1.807) is 37.3 Å². The molecular formula is C21H20FN5O3. The molecule has 8 nitrogen and oxygen atoms in total. The third-order valence-corrected chi connectivity index (χ3v) is 4.43. The summed E-state index contributed by atoms with van der Waals surface area (Å²) in [7, 11) is 0. The Morgan fingerprint density at radius 3 is 2.63 bits per heavy atom. The maximum Gasteiger partial charge on any atom is 0.340 e. The molecule has 3 aromatic rings. The van der Waals surface area contributed by atoms with Crippen molar-refractivity contribution in [3.05, 3.63) is 65.7 Å². The van der Waals surface area contributed by atoms with Crippen LogP contribution in [0.1, 0.15) is 28.9 Å². The van der Waals surface area contributed by atoms with Gasteiger partial charge in [0.15, 0.2) is 6.61 Å². The molecule has 4 rings (SSSR count). The molecule has 1 aromatic carbocycles. The van der Waals surface area contributed by atoms with Gasteiger partial charge in [-0.2, -0.15) is 5.10 Å². The van der Waals surface area contributed by atoms with Crippen LogP contribution in [0.15, 0.2) is 48.7 Å². The zero-order chi connectivity index (χ0) is 21.1. The molecule has 1 aliphatic rings. The van der Waals surface area contributed by atoms with E-state index in [9.17, 15) is 14.0 Å². The number of benzene rings is 1. The Kier molecular flexibility index (Phi) is 5.42. The number of carbonyl (C=O) groups is 2. The van der Waals surface area contributed by atoms with Crippen molar-refractivity contribution in [2.45, 2.75) is 25.8 Å². The van der Waals surface area contributed by atoms with Gasteiger partial charge < -0.3 is 15.4 Å². The summed E-state index contributed by atoms with van der Waals surface area (Å²) in [6.07, 6.45) is 3.66.